The molecule has 1 saturated heterocycles. The van der Waals surface area contributed by atoms with Crippen LogP contribution in [0, 0.1) is 6.92 Å². The summed E-state index contributed by atoms with van der Waals surface area (Å²) < 4.78 is 15.0. The zero-order valence-electron chi connectivity index (χ0n) is 18.5. The average Bonchev–Trinajstić information content (AvgIpc) is 2.80. The summed E-state index contributed by atoms with van der Waals surface area (Å²) in [6.07, 6.45) is 4.00. The van der Waals surface area contributed by atoms with Gasteiger partial charge in [-0.2, -0.15) is 0 Å². The summed E-state index contributed by atoms with van der Waals surface area (Å²) in [6, 6.07) is 7.17. The number of nitrogens with zero attached hydrogens (tertiary/aromatic N) is 3. The van der Waals surface area contributed by atoms with E-state index in [1.165, 1.54) is 6.20 Å². The Hall–Kier alpha value is -2.84. The molecule has 0 bridgehead atoms. The van der Waals surface area contributed by atoms with E-state index >= 15 is 0 Å². The molecule has 3 heterocycles. The van der Waals surface area contributed by atoms with Gasteiger partial charge < -0.3 is 14.2 Å². The Kier molecular flexibility index (Phi) is 10.6. The van der Waals surface area contributed by atoms with E-state index in [0.29, 0.717) is 24.3 Å². The van der Waals surface area contributed by atoms with E-state index in [4.69, 9.17) is 14.2 Å². The average molecular weight is 430 g/mol. The van der Waals surface area contributed by atoms with Crippen molar-refractivity contribution in [2.24, 2.45) is 0 Å². The summed E-state index contributed by atoms with van der Waals surface area (Å²) in [6.45, 7) is 10.8. The molecule has 2 aromatic rings. The number of rotatable bonds is 7. The Balaban J connectivity index is 0.000000245. The van der Waals surface area contributed by atoms with Crippen LogP contribution in [0.1, 0.15) is 46.0 Å². The third kappa shape index (κ3) is 8.82. The smallest absolute Gasteiger partial charge is 0.339 e. The van der Waals surface area contributed by atoms with E-state index in [2.05, 4.69) is 14.9 Å². The molecule has 31 heavy (non-hydrogen) atoms. The normalized spacial score (nSPS) is 13.6. The number of aryl methyl sites for hydroxylation is 1. The van der Waals surface area contributed by atoms with Gasteiger partial charge in [-0.15, -0.1) is 0 Å². The minimum atomic E-state index is -0.315. The van der Waals surface area contributed by atoms with Crippen molar-refractivity contribution in [3.63, 3.8) is 0 Å². The predicted molar refractivity (Wildman–Crippen MR) is 116 cm³/mol. The summed E-state index contributed by atoms with van der Waals surface area (Å²) >= 11 is 0. The number of hydrogen-bond acceptors (Lipinski definition) is 8. The van der Waals surface area contributed by atoms with Crippen LogP contribution in [0.2, 0.25) is 0 Å². The molecular weight excluding hydrogens is 398 g/mol. The number of morpholine rings is 1. The first-order chi connectivity index (χ1) is 15.0. The maximum absolute atomic E-state index is 11.5. The molecule has 1 fully saturated rings. The number of aromatic nitrogens is 2. The fourth-order valence-corrected chi connectivity index (χ4v) is 2.81. The van der Waals surface area contributed by atoms with Gasteiger partial charge in [0, 0.05) is 49.8 Å². The van der Waals surface area contributed by atoms with Crippen molar-refractivity contribution < 1.29 is 23.8 Å². The standard InChI is InChI=1S/C14H20N2O3.C9H11NO2/c1-2-19-14(17)12-3-4-13(15-11-12)5-6-16-7-9-18-10-8-16;1-3-12-9(11)8-5-4-7(2)10-6-8/h3-4,11H,2,5-10H2,1H3;4-6H,3H2,1-2H3. The van der Waals surface area contributed by atoms with Crippen LogP contribution >= 0.6 is 0 Å². The number of hydrogen-bond donors (Lipinski definition) is 0. The zero-order valence-corrected chi connectivity index (χ0v) is 18.5. The lowest BCUT2D eigenvalue weighted by Gasteiger charge is -2.26. The van der Waals surface area contributed by atoms with Gasteiger partial charge in [0.1, 0.15) is 0 Å². The first kappa shape index (κ1) is 24.4. The molecule has 0 radical (unpaired) electrons. The van der Waals surface area contributed by atoms with Gasteiger partial charge in [-0.25, -0.2) is 9.59 Å². The fourth-order valence-electron chi connectivity index (χ4n) is 2.81. The SMILES string of the molecule is CCOC(=O)c1ccc(C)nc1.CCOC(=O)c1ccc(CCN2CCOCC2)nc1. The van der Waals surface area contributed by atoms with Gasteiger partial charge in [-0.1, -0.05) is 0 Å². The van der Waals surface area contributed by atoms with E-state index < -0.39 is 0 Å². The number of carbonyl (C=O) groups excluding carboxylic acids is 2. The molecule has 0 unspecified atom stereocenters. The summed E-state index contributed by atoms with van der Waals surface area (Å²) in [5.41, 5.74) is 2.90. The molecule has 0 atom stereocenters. The number of carbonyl (C=O) groups is 2. The molecule has 1 aliphatic rings. The van der Waals surface area contributed by atoms with Gasteiger partial charge in [0.05, 0.1) is 37.6 Å². The molecule has 8 nitrogen and oxygen atoms in total. The second-order valence-corrected chi connectivity index (χ2v) is 6.87. The van der Waals surface area contributed by atoms with Crippen molar-refractivity contribution >= 4 is 11.9 Å². The molecule has 0 aromatic carbocycles. The van der Waals surface area contributed by atoms with Crippen LogP contribution in [-0.4, -0.2) is 72.9 Å². The van der Waals surface area contributed by atoms with Crippen LogP contribution < -0.4 is 0 Å². The Morgan fingerprint density at radius 3 is 2.00 bits per heavy atom. The van der Waals surface area contributed by atoms with Crippen LogP contribution in [0.3, 0.4) is 0 Å². The van der Waals surface area contributed by atoms with Gasteiger partial charge in [0.2, 0.25) is 0 Å². The van der Waals surface area contributed by atoms with E-state index in [1.807, 2.05) is 13.0 Å². The highest BCUT2D eigenvalue weighted by Gasteiger charge is 2.11. The Labute approximate surface area is 183 Å². The molecular formula is C23H31N3O5. The number of ether oxygens (including phenoxy) is 3. The second-order valence-electron chi connectivity index (χ2n) is 6.87. The summed E-state index contributed by atoms with van der Waals surface area (Å²) in [4.78, 5) is 33.2. The number of pyridine rings is 2. The number of esters is 2. The highest BCUT2D eigenvalue weighted by atomic mass is 16.5. The van der Waals surface area contributed by atoms with E-state index in [0.717, 1.165) is 50.7 Å². The Morgan fingerprint density at radius 1 is 0.935 bits per heavy atom. The molecule has 0 amide bonds. The molecule has 1 aliphatic heterocycles. The molecule has 0 saturated carbocycles. The largest absolute Gasteiger partial charge is 0.462 e. The monoisotopic (exact) mass is 429 g/mol. The lowest BCUT2D eigenvalue weighted by Crippen LogP contribution is -2.37. The molecule has 3 rings (SSSR count). The van der Waals surface area contributed by atoms with Gasteiger partial charge in [-0.05, 0) is 45.0 Å². The molecule has 168 valence electrons. The maximum atomic E-state index is 11.5. The first-order valence-corrected chi connectivity index (χ1v) is 10.5. The van der Waals surface area contributed by atoms with Crippen molar-refractivity contribution in [3.05, 3.63) is 59.2 Å². The van der Waals surface area contributed by atoms with Crippen LogP contribution in [0.4, 0.5) is 0 Å². The van der Waals surface area contributed by atoms with Crippen LogP contribution in [0.25, 0.3) is 0 Å². The molecule has 0 spiro atoms. The highest BCUT2D eigenvalue weighted by molar-refractivity contribution is 5.89. The minimum Gasteiger partial charge on any atom is -0.462 e. The Morgan fingerprint density at radius 2 is 1.52 bits per heavy atom. The van der Waals surface area contributed by atoms with E-state index in [-0.39, 0.29) is 11.9 Å². The lowest BCUT2D eigenvalue weighted by molar-refractivity contribution is 0.0383. The summed E-state index contributed by atoms with van der Waals surface area (Å²) in [7, 11) is 0. The lowest BCUT2D eigenvalue weighted by atomic mass is 10.2. The van der Waals surface area contributed by atoms with Gasteiger partial charge >= 0.3 is 11.9 Å². The van der Waals surface area contributed by atoms with Gasteiger partial charge in [0.15, 0.2) is 0 Å². The zero-order chi connectivity index (χ0) is 22.5. The quantitative estimate of drug-likeness (QED) is 0.621. The first-order valence-electron chi connectivity index (χ1n) is 10.5. The molecule has 8 heteroatoms. The topological polar surface area (TPSA) is 90.9 Å². The third-order valence-corrected chi connectivity index (χ3v) is 4.55. The van der Waals surface area contributed by atoms with E-state index in [1.54, 1.807) is 38.2 Å². The second kappa shape index (κ2) is 13.5. The van der Waals surface area contributed by atoms with Crippen molar-refractivity contribution in [2.45, 2.75) is 27.2 Å². The van der Waals surface area contributed by atoms with Crippen molar-refractivity contribution in [3.8, 4) is 0 Å². The molecule has 0 N–H and O–H groups in total. The van der Waals surface area contributed by atoms with Gasteiger partial charge in [0.25, 0.3) is 0 Å². The third-order valence-electron chi connectivity index (χ3n) is 4.55. The van der Waals surface area contributed by atoms with Crippen LogP contribution in [-0.2, 0) is 20.6 Å². The van der Waals surface area contributed by atoms with E-state index in [9.17, 15) is 9.59 Å². The molecule has 2 aromatic heterocycles. The summed E-state index contributed by atoms with van der Waals surface area (Å²) in [5, 5.41) is 0. The van der Waals surface area contributed by atoms with Crippen molar-refractivity contribution in [1.82, 2.24) is 14.9 Å². The fraction of sp³-hybridized carbons (Fsp3) is 0.478. The predicted octanol–water partition coefficient (Wildman–Crippen LogP) is 2.70. The highest BCUT2D eigenvalue weighted by Crippen LogP contribution is 2.05. The van der Waals surface area contributed by atoms with Crippen LogP contribution in [0.5, 0.6) is 0 Å². The molecule has 0 aliphatic carbocycles. The minimum absolute atomic E-state index is 0.310. The van der Waals surface area contributed by atoms with Crippen molar-refractivity contribution in [1.29, 1.82) is 0 Å². The van der Waals surface area contributed by atoms with Gasteiger partial charge in [-0.3, -0.25) is 14.9 Å². The maximum Gasteiger partial charge on any atom is 0.339 e. The Bertz CT molecular complexity index is 803. The van der Waals surface area contributed by atoms with Crippen LogP contribution in [0.15, 0.2) is 36.7 Å². The summed E-state index contributed by atoms with van der Waals surface area (Å²) in [5.74, 6) is -0.625. The van der Waals surface area contributed by atoms with Crippen molar-refractivity contribution in [2.75, 3.05) is 46.1 Å².